The van der Waals surface area contributed by atoms with E-state index in [2.05, 4.69) is 10.1 Å². The molecule has 0 radical (unpaired) electrons. The largest absolute Gasteiger partial charge is 0.509 e. The molecule has 1 aromatic carbocycles. The summed E-state index contributed by atoms with van der Waals surface area (Å²) in [5, 5.41) is 2.83. The van der Waals surface area contributed by atoms with Gasteiger partial charge in [0.1, 0.15) is 5.75 Å². The topological polar surface area (TPSA) is 97.4 Å². The number of hydrogen-bond acceptors (Lipinski definition) is 7. The second-order valence-corrected chi connectivity index (χ2v) is 6.09. The number of rotatable bonds is 6. The number of nitrogens with one attached hydrogen (secondary N) is 1. The smallest absolute Gasteiger partial charge is 0.497 e. The number of ether oxygens (including phenoxy) is 3. The summed E-state index contributed by atoms with van der Waals surface area (Å²) in [7, 11) is 2.80. The van der Waals surface area contributed by atoms with E-state index in [1.807, 2.05) is 24.3 Å². The Morgan fingerprint density at radius 2 is 1.85 bits per heavy atom. The molecule has 1 atom stereocenters. The molecule has 1 aromatic rings. The lowest BCUT2D eigenvalue weighted by atomic mass is 10.2. The van der Waals surface area contributed by atoms with Crippen molar-refractivity contribution in [2.24, 2.45) is 0 Å². The third kappa shape index (κ3) is 6.14. The summed E-state index contributed by atoms with van der Waals surface area (Å²) in [4.78, 5) is 38.6. The van der Waals surface area contributed by atoms with E-state index in [1.165, 1.54) is 14.0 Å². The molecule has 27 heavy (non-hydrogen) atoms. The van der Waals surface area contributed by atoms with E-state index in [0.29, 0.717) is 19.6 Å². The zero-order valence-electron chi connectivity index (χ0n) is 15.8. The quantitative estimate of drug-likeness (QED) is 0.722. The summed E-state index contributed by atoms with van der Waals surface area (Å²) < 4.78 is 14.8. The molecule has 1 aliphatic heterocycles. The molecule has 0 aromatic heterocycles. The SMILES string of the molecule is COC(=O)OC1CN(C(C)=O)CCN1CC(=O)NCc1ccc(OC)cc1. The highest BCUT2D eigenvalue weighted by molar-refractivity contribution is 5.78. The van der Waals surface area contributed by atoms with E-state index >= 15 is 0 Å². The third-order valence-electron chi connectivity index (χ3n) is 4.28. The van der Waals surface area contributed by atoms with Gasteiger partial charge >= 0.3 is 6.16 Å². The van der Waals surface area contributed by atoms with Gasteiger partial charge in [0.15, 0.2) is 6.23 Å². The van der Waals surface area contributed by atoms with Crippen LogP contribution in [-0.2, 0) is 25.6 Å². The molecule has 1 unspecified atom stereocenters. The second-order valence-electron chi connectivity index (χ2n) is 6.09. The summed E-state index contributed by atoms with van der Waals surface area (Å²) in [6, 6.07) is 7.38. The van der Waals surface area contributed by atoms with Gasteiger partial charge in [-0.15, -0.1) is 0 Å². The van der Waals surface area contributed by atoms with Gasteiger partial charge in [0.2, 0.25) is 11.8 Å². The highest BCUT2D eigenvalue weighted by atomic mass is 16.7. The predicted octanol–water partition coefficient (Wildman–Crippen LogP) is 0.585. The molecule has 0 saturated carbocycles. The monoisotopic (exact) mass is 379 g/mol. The molecule has 9 heteroatoms. The molecule has 1 N–H and O–H groups in total. The van der Waals surface area contributed by atoms with E-state index in [-0.39, 0.29) is 24.9 Å². The fourth-order valence-electron chi connectivity index (χ4n) is 2.71. The molecule has 2 rings (SSSR count). The second kappa shape index (κ2) is 9.77. The van der Waals surface area contributed by atoms with Crippen LogP contribution in [0.1, 0.15) is 12.5 Å². The van der Waals surface area contributed by atoms with E-state index in [9.17, 15) is 14.4 Å². The Bertz CT molecular complexity index is 664. The first-order chi connectivity index (χ1) is 12.9. The van der Waals surface area contributed by atoms with Crippen molar-refractivity contribution in [3.63, 3.8) is 0 Å². The zero-order valence-corrected chi connectivity index (χ0v) is 15.8. The van der Waals surface area contributed by atoms with Crippen LogP contribution in [0.4, 0.5) is 4.79 Å². The number of amides is 2. The summed E-state index contributed by atoms with van der Waals surface area (Å²) >= 11 is 0. The lowest BCUT2D eigenvalue weighted by Crippen LogP contribution is -2.57. The van der Waals surface area contributed by atoms with Gasteiger partial charge in [-0.1, -0.05) is 12.1 Å². The van der Waals surface area contributed by atoms with Crippen molar-refractivity contribution in [1.29, 1.82) is 0 Å². The Kier molecular flexibility index (Phi) is 7.42. The molecule has 1 heterocycles. The van der Waals surface area contributed by atoms with Crippen LogP contribution in [0.25, 0.3) is 0 Å². The summed E-state index contributed by atoms with van der Waals surface area (Å²) in [5.74, 6) is 0.425. The number of nitrogens with zero attached hydrogens (tertiary/aromatic N) is 2. The first-order valence-electron chi connectivity index (χ1n) is 8.56. The number of hydrogen-bond donors (Lipinski definition) is 1. The maximum absolute atomic E-state index is 12.3. The third-order valence-corrected chi connectivity index (χ3v) is 4.28. The van der Waals surface area contributed by atoms with Crippen LogP contribution in [0.3, 0.4) is 0 Å². The van der Waals surface area contributed by atoms with E-state index in [1.54, 1.807) is 16.9 Å². The molecule has 0 spiro atoms. The van der Waals surface area contributed by atoms with Crippen LogP contribution in [0.2, 0.25) is 0 Å². The van der Waals surface area contributed by atoms with Gasteiger partial charge in [-0.2, -0.15) is 0 Å². The molecule has 148 valence electrons. The van der Waals surface area contributed by atoms with E-state index in [0.717, 1.165) is 11.3 Å². The molecule has 1 aliphatic rings. The lowest BCUT2D eigenvalue weighted by Gasteiger charge is -2.39. The van der Waals surface area contributed by atoms with E-state index in [4.69, 9.17) is 9.47 Å². The van der Waals surface area contributed by atoms with Crippen molar-refractivity contribution in [2.75, 3.05) is 40.4 Å². The fourth-order valence-corrected chi connectivity index (χ4v) is 2.71. The molecule has 2 amide bonds. The molecule has 0 bridgehead atoms. The van der Waals surface area contributed by atoms with Gasteiger partial charge in [-0.25, -0.2) is 4.79 Å². The van der Waals surface area contributed by atoms with Gasteiger partial charge in [0, 0.05) is 26.6 Å². The molecule has 9 nitrogen and oxygen atoms in total. The van der Waals surface area contributed by atoms with Crippen LogP contribution in [-0.4, -0.2) is 74.4 Å². The van der Waals surface area contributed by atoms with Crippen LogP contribution in [0.15, 0.2) is 24.3 Å². The standard InChI is InChI=1S/C18H25N3O6/c1-13(22)20-8-9-21(17(12-20)27-18(24)26-3)11-16(23)19-10-14-4-6-15(25-2)7-5-14/h4-7,17H,8-12H2,1-3H3,(H,19,23). The fraction of sp³-hybridized carbons (Fsp3) is 0.500. The lowest BCUT2D eigenvalue weighted by molar-refractivity contribution is -0.142. The van der Waals surface area contributed by atoms with Gasteiger partial charge < -0.3 is 24.4 Å². The minimum atomic E-state index is -0.853. The average molecular weight is 379 g/mol. The maximum Gasteiger partial charge on any atom is 0.509 e. The maximum atomic E-state index is 12.3. The van der Waals surface area contributed by atoms with Crippen molar-refractivity contribution < 1.29 is 28.6 Å². The van der Waals surface area contributed by atoms with Crippen molar-refractivity contribution >= 4 is 18.0 Å². The van der Waals surface area contributed by atoms with Gasteiger partial charge in [0.25, 0.3) is 0 Å². The first kappa shape index (κ1) is 20.5. The Morgan fingerprint density at radius 1 is 1.15 bits per heavy atom. The summed E-state index contributed by atoms with van der Waals surface area (Å²) in [6.07, 6.45) is -1.59. The van der Waals surface area contributed by atoms with Gasteiger partial charge in [0.05, 0.1) is 27.3 Å². The van der Waals surface area contributed by atoms with Crippen molar-refractivity contribution in [3.05, 3.63) is 29.8 Å². The molecule has 1 saturated heterocycles. The Labute approximate surface area is 158 Å². The highest BCUT2D eigenvalue weighted by Crippen LogP contribution is 2.13. The van der Waals surface area contributed by atoms with Crippen LogP contribution in [0.5, 0.6) is 5.75 Å². The van der Waals surface area contributed by atoms with Crippen LogP contribution >= 0.6 is 0 Å². The van der Waals surface area contributed by atoms with Crippen molar-refractivity contribution in [1.82, 2.24) is 15.1 Å². The summed E-state index contributed by atoms with van der Waals surface area (Å²) in [6.45, 7) is 2.93. The number of methoxy groups -OCH3 is 2. The Hall–Kier alpha value is -2.81. The van der Waals surface area contributed by atoms with Gasteiger partial charge in [-0.3, -0.25) is 14.5 Å². The normalized spacial score (nSPS) is 17.1. The van der Waals surface area contributed by atoms with Gasteiger partial charge in [-0.05, 0) is 17.7 Å². The molecule has 0 aliphatic carbocycles. The van der Waals surface area contributed by atoms with Crippen molar-refractivity contribution in [3.8, 4) is 5.75 Å². The minimum Gasteiger partial charge on any atom is -0.497 e. The first-order valence-corrected chi connectivity index (χ1v) is 8.56. The number of benzene rings is 1. The molecular formula is C18H25N3O6. The number of carbonyl (C=O) groups excluding carboxylic acids is 3. The number of piperazine rings is 1. The Morgan fingerprint density at radius 3 is 2.44 bits per heavy atom. The zero-order chi connectivity index (χ0) is 19.8. The molecule has 1 fully saturated rings. The average Bonchev–Trinajstić information content (AvgIpc) is 2.67. The van der Waals surface area contributed by atoms with Crippen LogP contribution in [0, 0.1) is 0 Å². The Balaban J connectivity index is 1.90. The highest BCUT2D eigenvalue weighted by Gasteiger charge is 2.32. The summed E-state index contributed by atoms with van der Waals surface area (Å²) in [5.41, 5.74) is 0.938. The number of carbonyl (C=O) groups is 3. The minimum absolute atomic E-state index is 0.0452. The van der Waals surface area contributed by atoms with Crippen LogP contribution < -0.4 is 10.1 Å². The molecular weight excluding hydrogens is 354 g/mol. The predicted molar refractivity (Wildman–Crippen MR) is 95.9 cm³/mol. The van der Waals surface area contributed by atoms with E-state index < -0.39 is 12.4 Å². The van der Waals surface area contributed by atoms with Crippen molar-refractivity contribution in [2.45, 2.75) is 19.7 Å².